The molecule has 0 saturated heterocycles. The molecule has 81 heavy (non-hydrogen) atoms. The third-order valence-electron chi connectivity index (χ3n) is 15.5. The number of phosphoric ester groups is 1. The minimum Gasteiger partial charge on any atom is -0.456 e. The highest BCUT2D eigenvalue weighted by molar-refractivity contribution is 7.47. The van der Waals surface area contributed by atoms with E-state index >= 15 is 0 Å². The Morgan fingerprint density at radius 1 is 0.432 bits per heavy atom. The van der Waals surface area contributed by atoms with E-state index in [-0.39, 0.29) is 31.5 Å². The lowest BCUT2D eigenvalue weighted by atomic mass is 10.0. The Labute approximate surface area is 502 Å². The lowest BCUT2D eigenvalue weighted by Crippen LogP contribution is -2.47. The van der Waals surface area contributed by atoms with Crippen LogP contribution in [0.2, 0.25) is 0 Å². The summed E-state index contributed by atoms with van der Waals surface area (Å²) in [4.78, 5) is 37.8. The average Bonchev–Trinajstić information content (AvgIpc) is 3.44. The molecule has 0 aliphatic carbocycles. The number of likely N-dealkylation sites (N-methyl/N-ethyl adjacent to an activating group) is 1. The van der Waals surface area contributed by atoms with Gasteiger partial charge in [0.25, 0.3) is 0 Å². The van der Waals surface area contributed by atoms with E-state index in [1.54, 1.807) is 0 Å². The van der Waals surface area contributed by atoms with Crippen LogP contribution in [0, 0.1) is 0 Å². The number of carbonyl (C=O) groups is 2. The van der Waals surface area contributed by atoms with Crippen LogP contribution in [0.15, 0.2) is 60.8 Å². The first kappa shape index (κ1) is 78.7. The Morgan fingerprint density at radius 2 is 0.765 bits per heavy atom. The van der Waals surface area contributed by atoms with Gasteiger partial charge in [0, 0.05) is 12.8 Å². The Balaban J connectivity index is 5.14. The first-order valence-corrected chi connectivity index (χ1v) is 36.1. The lowest BCUT2D eigenvalue weighted by molar-refractivity contribution is -0.870. The average molecular weight is 1160 g/mol. The number of phosphoric acid groups is 1. The van der Waals surface area contributed by atoms with Crippen molar-refractivity contribution in [1.29, 1.82) is 0 Å². The number of nitrogens with one attached hydrogen (secondary N) is 1. The molecule has 0 heterocycles. The zero-order valence-corrected chi connectivity index (χ0v) is 55.2. The summed E-state index contributed by atoms with van der Waals surface area (Å²) in [7, 11) is 1.48. The number of hydrogen-bond donors (Lipinski definition) is 2. The number of unbranched alkanes of at least 4 members (excludes halogenated alkanes) is 39. The molecule has 2 N–H and O–H groups in total. The predicted octanol–water partition coefficient (Wildman–Crippen LogP) is 21.8. The van der Waals surface area contributed by atoms with Crippen molar-refractivity contribution >= 4 is 19.7 Å². The van der Waals surface area contributed by atoms with E-state index in [0.29, 0.717) is 23.9 Å². The largest absolute Gasteiger partial charge is 0.472 e. The third-order valence-corrected chi connectivity index (χ3v) is 16.4. The van der Waals surface area contributed by atoms with Gasteiger partial charge in [-0.3, -0.25) is 18.6 Å². The van der Waals surface area contributed by atoms with E-state index in [1.807, 2.05) is 33.3 Å². The summed E-state index contributed by atoms with van der Waals surface area (Å²) in [6.45, 7) is 6.99. The number of esters is 1. The minimum atomic E-state index is -4.46. The molecule has 474 valence electrons. The molecule has 0 fully saturated rings. The van der Waals surface area contributed by atoms with Crippen LogP contribution in [0.25, 0.3) is 0 Å². The van der Waals surface area contributed by atoms with Crippen molar-refractivity contribution in [2.45, 2.75) is 341 Å². The van der Waals surface area contributed by atoms with Gasteiger partial charge in [-0.2, -0.15) is 0 Å². The summed E-state index contributed by atoms with van der Waals surface area (Å²) in [5, 5.41) is 3.06. The molecule has 0 saturated carbocycles. The molecule has 0 radical (unpaired) electrons. The second kappa shape index (κ2) is 60.8. The number of amides is 1. The minimum absolute atomic E-state index is 0.0323. The number of nitrogens with zero attached hydrogens (tertiary/aromatic N) is 1. The molecule has 0 aromatic rings. The van der Waals surface area contributed by atoms with Gasteiger partial charge >= 0.3 is 13.8 Å². The highest BCUT2D eigenvalue weighted by Gasteiger charge is 2.30. The van der Waals surface area contributed by atoms with Crippen molar-refractivity contribution in [3.63, 3.8) is 0 Å². The molecule has 0 bridgehead atoms. The summed E-state index contributed by atoms with van der Waals surface area (Å²) in [5.74, 6) is -0.558. The topological polar surface area (TPSA) is 111 Å². The van der Waals surface area contributed by atoms with Gasteiger partial charge in [0.2, 0.25) is 5.91 Å². The number of ether oxygens (including phenoxy) is 1. The van der Waals surface area contributed by atoms with Crippen molar-refractivity contribution < 1.29 is 37.3 Å². The maximum absolute atomic E-state index is 13.6. The first-order valence-electron chi connectivity index (χ1n) is 34.6. The van der Waals surface area contributed by atoms with Crippen LogP contribution < -0.4 is 5.32 Å². The zero-order valence-electron chi connectivity index (χ0n) is 54.3. The van der Waals surface area contributed by atoms with E-state index in [2.05, 4.69) is 74.7 Å². The molecular formula is C71H134N2O7P+. The lowest BCUT2D eigenvalue weighted by Gasteiger charge is -2.27. The van der Waals surface area contributed by atoms with Crippen molar-refractivity contribution in [2.24, 2.45) is 0 Å². The molecule has 9 nitrogen and oxygen atoms in total. The van der Waals surface area contributed by atoms with E-state index < -0.39 is 20.0 Å². The maximum Gasteiger partial charge on any atom is 0.472 e. The molecule has 0 rings (SSSR count). The number of carbonyl (C=O) groups excluding carboxylic acids is 2. The maximum atomic E-state index is 13.6. The van der Waals surface area contributed by atoms with Crippen LogP contribution >= 0.6 is 7.82 Å². The molecule has 3 unspecified atom stereocenters. The standard InChI is InChI=1S/C71H133N2O7P/c1-7-10-13-16-19-22-25-28-30-32-33-34-35-36-37-38-39-41-42-45-48-51-54-57-60-63-70(74)72-68(67-79-81(76,77)78-66-65-73(4,5)6)69(62-59-56-53-50-47-44-27-24-21-18-15-12-9-3)80-71(75)64-61-58-55-52-49-46-43-40-31-29-26-23-20-17-14-11-8-2/h20,23,29,31,43,46,52,55,59,62,68-69H,7-19,21-22,24-28,30,32-42,44-45,47-51,53-54,56-58,60-61,63-67H2,1-6H3,(H-,72,74,76,77)/p+1/b23-20-,31-29-,46-43-,55-52-,62-59-. The SMILES string of the molecule is CCCCC/C=C\C/C=C\C/C=C\C/C=C\CCCC(=O)OC(/C=C\CCCCCCCCCCCCC)C(COP(=O)(O)OCC[N+](C)(C)C)NC(=O)CCCCCCCCCCCCCCCCCCCCCCCCCCC. The first-order chi connectivity index (χ1) is 39.4. The highest BCUT2D eigenvalue weighted by Crippen LogP contribution is 2.43. The Morgan fingerprint density at radius 3 is 1.17 bits per heavy atom. The van der Waals surface area contributed by atoms with Crippen LogP contribution in [0.5, 0.6) is 0 Å². The van der Waals surface area contributed by atoms with Gasteiger partial charge in [-0.1, -0.05) is 307 Å². The van der Waals surface area contributed by atoms with Crippen molar-refractivity contribution in [1.82, 2.24) is 5.32 Å². The molecule has 0 aromatic heterocycles. The van der Waals surface area contributed by atoms with Crippen LogP contribution in [0.3, 0.4) is 0 Å². The van der Waals surface area contributed by atoms with Crippen molar-refractivity contribution in [2.75, 3.05) is 40.9 Å². The second-order valence-corrected chi connectivity index (χ2v) is 26.2. The fraction of sp³-hybridized carbons (Fsp3) is 0.831. The fourth-order valence-corrected chi connectivity index (χ4v) is 10.8. The quantitative estimate of drug-likeness (QED) is 0.0205. The second-order valence-electron chi connectivity index (χ2n) is 24.7. The van der Waals surface area contributed by atoms with Gasteiger partial charge in [-0.25, -0.2) is 4.57 Å². The van der Waals surface area contributed by atoms with E-state index in [4.69, 9.17) is 13.8 Å². The Bertz CT molecular complexity index is 1570. The van der Waals surface area contributed by atoms with Crippen LogP contribution in [-0.4, -0.2) is 74.3 Å². The molecule has 0 aliphatic heterocycles. The summed E-state index contributed by atoms with van der Waals surface area (Å²) in [6.07, 6.45) is 78.2. The molecule has 0 aromatic carbocycles. The molecular weight excluding hydrogens is 1020 g/mol. The molecule has 0 spiro atoms. The summed E-state index contributed by atoms with van der Waals surface area (Å²) in [5.41, 5.74) is 0. The third kappa shape index (κ3) is 62.1. The number of quaternary nitrogens is 1. The van der Waals surface area contributed by atoms with Gasteiger partial charge < -0.3 is 19.4 Å². The normalized spacial score (nSPS) is 13.9. The Kier molecular flexibility index (Phi) is 59.1. The van der Waals surface area contributed by atoms with Crippen LogP contribution in [-0.2, 0) is 27.9 Å². The number of hydrogen-bond acceptors (Lipinski definition) is 6. The summed E-state index contributed by atoms with van der Waals surface area (Å²) in [6, 6.07) is -0.870. The molecule has 10 heteroatoms. The van der Waals surface area contributed by atoms with Crippen molar-refractivity contribution in [3.05, 3.63) is 60.8 Å². The predicted molar refractivity (Wildman–Crippen MR) is 351 cm³/mol. The number of allylic oxidation sites excluding steroid dienone is 9. The van der Waals surface area contributed by atoms with E-state index in [9.17, 15) is 19.0 Å². The van der Waals surface area contributed by atoms with Gasteiger partial charge in [-0.15, -0.1) is 0 Å². The van der Waals surface area contributed by atoms with Gasteiger partial charge in [0.1, 0.15) is 19.3 Å². The number of rotatable bonds is 63. The van der Waals surface area contributed by atoms with Gasteiger partial charge in [-0.05, 0) is 70.3 Å². The summed E-state index contributed by atoms with van der Waals surface area (Å²) < 4.78 is 30.7. The van der Waals surface area contributed by atoms with E-state index in [1.165, 1.54) is 225 Å². The van der Waals surface area contributed by atoms with E-state index in [0.717, 1.165) is 64.2 Å². The van der Waals surface area contributed by atoms with Crippen LogP contribution in [0.4, 0.5) is 0 Å². The summed E-state index contributed by atoms with van der Waals surface area (Å²) >= 11 is 0. The molecule has 3 atom stereocenters. The van der Waals surface area contributed by atoms with Gasteiger partial charge in [0.05, 0.1) is 33.8 Å². The molecule has 0 aliphatic rings. The zero-order chi connectivity index (χ0) is 59.3. The Hall–Kier alpha value is -2.29. The molecule has 1 amide bonds. The van der Waals surface area contributed by atoms with Gasteiger partial charge in [0.15, 0.2) is 0 Å². The highest BCUT2D eigenvalue weighted by atomic mass is 31.2. The smallest absolute Gasteiger partial charge is 0.456 e. The monoisotopic (exact) mass is 1160 g/mol. The van der Waals surface area contributed by atoms with Crippen LogP contribution in [0.1, 0.15) is 329 Å². The van der Waals surface area contributed by atoms with Crippen molar-refractivity contribution in [3.8, 4) is 0 Å². The fourth-order valence-electron chi connectivity index (χ4n) is 10.1.